The van der Waals surface area contributed by atoms with E-state index in [1.807, 2.05) is 0 Å². The molecule has 1 aromatic carbocycles. The van der Waals surface area contributed by atoms with Gasteiger partial charge in [0, 0.05) is 17.7 Å². The summed E-state index contributed by atoms with van der Waals surface area (Å²) in [5.74, 6) is -4.59. The standard InChI is InChI=1S/C11H12F3NO2/c1-15(2)10(5-11(16)17)6-3-8(13)9(14)4-7(6)12/h3-4,10H,5H2,1-2H3,(H,16,17). The van der Waals surface area contributed by atoms with E-state index in [2.05, 4.69) is 0 Å². The second-order valence-corrected chi connectivity index (χ2v) is 3.87. The van der Waals surface area contributed by atoms with Gasteiger partial charge in [0.1, 0.15) is 5.82 Å². The molecule has 1 unspecified atom stereocenters. The number of carboxylic acids is 1. The van der Waals surface area contributed by atoms with Crippen LogP contribution in [-0.2, 0) is 4.79 Å². The number of benzene rings is 1. The van der Waals surface area contributed by atoms with Gasteiger partial charge in [-0.1, -0.05) is 0 Å². The number of rotatable bonds is 4. The maximum atomic E-state index is 13.5. The highest BCUT2D eigenvalue weighted by molar-refractivity contribution is 5.68. The van der Waals surface area contributed by atoms with Crippen molar-refractivity contribution < 1.29 is 23.1 Å². The van der Waals surface area contributed by atoms with Crippen LogP contribution in [0, 0.1) is 17.5 Å². The van der Waals surface area contributed by atoms with Gasteiger partial charge in [-0.3, -0.25) is 4.79 Å². The number of carboxylic acid groups (broad SMARTS) is 1. The molecule has 0 aliphatic carbocycles. The molecule has 0 saturated heterocycles. The summed E-state index contributed by atoms with van der Waals surface area (Å²) < 4.78 is 39.2. The normalized spacial score (nSPS) is 12.8. The molecule has 94 valence electrons. The lowest BCUT2D eigenvalue weighted by Crippen LogP contribution is -2.24. The van der Waals surface area contributed by atoms with E-state index in [4.69, 9.17) is 5.11 Å². The molecule has 0 bridgehead atoms. The summed E-state index contributed by atoms with van der Waals surface area (Å²) in [6.07, 6.45) is -0.394. The lowest BCUT2D eigenvalue weighted by Gasteiger charge is -2.23. The third kappa shape index (κ3) is 3.20. The SMILES string of the molecule is CN(C)C(CC(=O)O)c1cc(F)c(F)cc1F. The first-order chi connectivity index (χ1) is 7.82. The lowest BCUT2D eigenvalue weighted by molar-refractivity contribution is -0.138. The molecule has 1 N–H and O–H groups in total. The molecular formula is C11H12F3NO2. The summed E-state index contributed by atoms with van der Waals surface area (Å²) in [5.41, 5.74) is -0.170. The Morgan fingerprint density at radius 3 is 2.24 bits per heavy atom. The van der Waals surface area contributed by atoms with Gasteiger partial charge in [0.05, 0.1) is 6.42 Å². The number of aliphatic carboxylic acids is 1. The zero-order chi connectivity index (χ0) is 13.2. The maximum absolute atomic E-state index is 13.5. The highest BCUT2D eigenvalue weighted by Crippen LogP contribution is 2.26. The smallest absolute Gasteiger partial charge is 0.305 e. The van der Waals surface area contributed by atoms with Crippen LogP contribution in [0.5, 0.6) is 0 Å². The van der Waals surface area contributed by atoms with Crippen molar-refractivity contribution in [1.82, 2.24) is 4.90 Å². The van der Waals surface area contributed by atoms with Crippen molar-refractivity contribution in [2.75, 3.05) is 14.1 Å². The number of halogens is 3. The van der Waals surface area contributed by atoms with Crippen LogP contribution in [0.15, 0.2) is 12.1 Å². The number of hydrogen-bond acceptors (Lipinski definition) is 2. The minimum Gasteiger partial charge on any atom is -0.481 e. The Hall–Kier alpha value is -1.56. The molecule has 1 rings (SSSR count). The van der Waals surface area contributed by atoms with Crippen LogP contribution in [0.4, 0.5) is 13.2 Å². The first-order valence-corrected chi connectivity index (χ1v) is 4.85. The fraction of sp³-hybridized carbons (Fsp3) is 0.364. The fourth-order valence-electron chi connectivity index (χ4n) is 1.53. The van der Waals surface area contributed by atoms with Crippen molar-refractivity contribution in [3.8, 4) is 0 Å². The van der Waals surface area contributed by atoms with Crippen LogP contribution >= 0.6 is 0 Å². The van der Waals surface area contributed by atoms with Gasteiger partial charge < -0.3 is 10.0 Å². The Morgan fingerprint density at radius 1 is 1.24 bits per heavy atom. The highest BCUT2D eigenvalue weighted by atomic mass is 19.2. The van der Waals surface area contributed by atoms with E-state index in [9.17, 15) is 18.0 Å². The van der Waals surface area contributed by atoms with E-state index < -0.39 is 35.9 Å². The average molecular weight is 247 g/mol. The number of carbonyl (C=O) groups is 1. The van der Waals surface area contributed by atoms with Gasteiger partial charge in [-0.15, -0.1) is 0 Å². The van der Waals surface area contributed by atoms with E-state index in [0.717, 1.165) is 0 Å². The molecule has 1 aromatic rings. The summed E-state index contributed by atoms with van der Waals surface area (Å²) in [4.78, 5) is 12.1. The van der Waals surface area contributed by atoms with Crippen LogP contribution in [0.1, 0.15) is 18.0 Å². The fourth-order valence-corrected chi connectivity index (χ4v) is 1.53. The van der Waals surface area contributed by atoms with Gasteiger partial charge in [-0.05, 0) is 20.2 Å². The largest absolute Gasteiger partial charge is 0.481 e. The van der Waals surface area contributed by atoms with Gasteiger partial charge in [-0.2, -0.15) is 0 Å². The quantitative estimate of drug-likeness (QED) is 0.829. The Kier molecular flexibility index (Phi) is 4.11. The van der Waals surface area contributed by atoms with Gasteiger partial charge in [0.15, 0.2) is 11.6 Å². The Labute approximate surface area is 96.5 Å². The van der Waals surface area contributed by atoms with Gasteiger partial charge in [0.2, 0.25) is 0 Å². The summed E-state index contributed by atoms with van der Waals surface area (Å²) >= 11 is 0. The van der Waals surface area contributed by atoms with Crippen LogP contribution in [0.25, 0.3) is 0 Å². The van der Waals surface area contributed by atoms with Crippen LogP contribution < -0.4 is 0 Å². The highest BCUT2D eigenvalue weighted by Gasteiger charge is 2.23. The van der Waals surface area contributed by atoms with Crippen LogP contribution in [0.2, 0.25) is 0 Å². The first-order valence-electron chi connectivity index (χ1n) is 4.85. The molecule has 0 radical (unpaired) electrons. The number of nitrogens with zero attached hydrogens (tertiary/aromatic N) is 1. The van der Waals surface area contributed by atoms with E-state index in [1.54, 1.807) is 0 Å². The Morgan fingerprint density at radius 2 is 1.76 bits per heavy atom. The third-order valence-corrected chi connectivity index (χ3v) is 2.39. The van der Waals surface area contributed by atoms with Crippen molar-refractivity contribution in [2.45, 2.75) is 12.5 Å². The zero-order valence-electron chi connectivity index (χ0n) is 9.38. The second-order valence-electron chi connectivity index (χ2n) is 3.87. The Bertz CT molecular complexity index is 435. The topological polar surface area (TPSA) is 40.5 Å². The van der Waals surface area contributed by atoms with E-state index in [0.29, 0.717) is 12.1 Å². The molecule has 0 aliphatic heterocycles. The molecule has 0 aliphatic rings. The van der Waals surface area contributed by atoms with E-state index >= 15 is 0 Å². The Balaban J connectivity index is 3.18. The zero-order valence-corrected chi connectivity index (χ0v) is 9.38. The van der Waals surface area contributed by atoms with Crippen molar-refractivity contribution in [2.24, 2.45) is 0 Å². The monoisotopic (exact) mass is 247 g/mol. The molecule has 0 fully saturated rings. The molecule has 0 heterocycles. The third-order valence-electron chi connectivity index (χ3n) is 2.39. The van der Waals surface area contributed by atoms with E-state index in [1.165, 1.54) is 19.0 Å². The van der Waals surface area contributed by atoms with Gasteiger partial charge in [-0.25, -0.2) is 13.2 Å². The molecule has 0 aromatic heterocycles. The van der Waals surface area contributed by atoms with Gasteiger partial charge >= 0.3 is 5.97 Å². The summed E-state index contributed by atoms with van der Waals surface area (Å²) in [5, 5.41) is 8.69. The van der Waals surface area contributed by atoms with Crippen LogP contribution in [0.3, 0.4) is 0 Å². The molecule has 0 amide bonds. The number of hydrogen-bond donors (Lipinski definition) is 1. The molecule has 1 atom stereocenters. The van der Waals surface area contributed by atoms with E-state index in [-0.39, 0.29) is 5.56 Å². The van der Waals surface area contributed by atoms with Crippen molar-refractivity contribution in [1.29, 1.82) is 0 Å². The van der Waals surface area contributed by atoms with Crippen molar-refractivity contribution in [3.05, 3.63) is 35.1 Å². The van der Waals surface area contributed by atoms with Crippen LogP contribution in [-0.4, -0.2) is 30.1 Å². The minimum absolute atomic E-state index is 0.170. The maximum Gasteiger partial charge on any atom is 0.305 e. The van der Waals surface area contributed by atoms with Gasteiger partial charge in [0.25, 0.3) is 0 Å². The molecular weight excluding hydrogens is 235 g/mol. The molecule has 17 heavy (non-hydrogen) atoms. The summed E-state index contributed by atoms with van der Waals surface area (Å²) in [7, 11) is 3.07. The van der Waals surface area contributed by atoms with Crippen molar-refractivity contribution >= 4 is 5.97 Å². The molecule has 6 heteroatoms. The molecule has 3 nitrogen and oxygen atoms in total. The average Bonchev–Trinajstić information content (AvgIpc) is 2.20. The minimum atomic E-state index is -1.29. The lowest BCUT2D eigenvalue weighted by atomic mass is 10.0. The molecule has 0 spiro atoms. The summed E-state index contributed by atoms with van der Waals surface area (Å²) in [6.45, 7) is 0. The summed E-state index contributed by atoms with van der Waals surface area (Å²) in [6, 6.07) is 0.268. The predicted octanol–water partition coefficient (Wildman–Crippen LogP) is 2.18. The second kappa shape index (κ2) is 5.18. The molecule has 0 saturated carbocycles. The van der Waals surface area contributed by atoms with Crippen molar-refractivity contribution in [3.63, 3.8) is 0 Å². The predicted molar refractivity (Wildman–Crippen MR) is 55.0 cm³/mol. The first kappa shape index (κ1) is 13.5.